The van der Waals surface area contributed by atoms with Crippen molar-refractivity contribution in [3.63, 3.8) is 0 Å². The van der Waals surface area contributed by atoms with Gasteiger partial charge in [0.1, 0.15) is 0 Å². The van der Waals surface area contributed by atoms with E-state index in [-0.39, 0.29) is 0 Å². The highest BCUT2D eigenvalue weighted by Crippen LogP contribution is 2.29. The van der Waals surface area contributed by atoms with Crippen LogP contribution in [0.1, 0.15) is 0 Å². The number of fused-ring (bicyclic) bond motifs is 5. The van der Waals surface area contributed by atoms with E-state index in [1.54, 1.807) is 0 Å². The van der Waals surface area contributed by atoms with Gasteiger partial charge in [-0.3, -0.25) is 14.8 Å². The summed E-state index contributed by atoms with van der Waals surface area (Å²) < 4.78 is 0. The van der Waals surface area contributed by atoms with Crippen LogP contribution >= 0.6 is 0 Å². The zero-order valence-corrected chi connectivity index (χ0v) is 12.5. The van der Waals surface area contributed by atoms with Crippen LogP contribution in [0.4, 0.5) is 0 Å². The largest absolute Gasteiger partial charge is 0.373 e. The zero-order chi connectivity index (χ0) is 17.4. The van der Waals surface area contributed by atoms with Crippen LogP contribution in [0.25, 0.3) is 64.4 Å². The van der Waals surface area contributed by atoms with Crippen molar-refractivity contribution in [2.24, 2.45) is 0 Å². The summed E-state index contributed by atoms with van der Waals surface area (Å²) in [6.45, 7) is 0. The van der Waals surface area contributed by atoms with Gasteiger partial charge in [-0.2, -0.15) is 0 Å². The Morgan fingerprint density at radius 1 is 0.583 bits per heavy atom. The van der Waals surface area contributed by atoms with Crippen molar-refractivity contribution in [2.45, 2.75) is 0 Å². The van der Waals surface area contributed by atoms with E-state index in [9.17, 15) is 0 Å². The maximum absolute atomic E-state index is 6.75. The number of pyridine rings is 1. The first-order valence-electron chi connectivity index (χ1n) is 6.89. The highest BCUT2D eigenvalue weighted by Gasteiger charge is 2.04. The molecule has 1 aromatic heterocycles. The molecule has 0 saturated heterocycles. The molecule has 3 aromatic carbocycles. The standard InChI is InChI=1S/C17H11N.2N3/c1-2-6-14-12(4-1)7-10-16-15(14)9-8-13-5-3-11-18-17(13)16;2*1-3-2/h1-11H;;/q;2*-1. The lowest BCUT2D eigenvalue weighted by Crippen LogP contribution is -1.82. The van der Waals surface area contributed by atoms with Crippen molar-refractivity contribution in [3.05, 3.63) is 98.8 Å². The molecule has 116 valence electrons. The van der Waals surface area contributed by atoms with Crippen molar-refractivity contribution in [1.82, 2.24) is 4.98 Å². The molecular formula is C17H11N7-2. The SMILES string of the molecule is [N-]=[N+]=[N-].[N-]=[N+]=[N-].c1ccc2c(c1)ccc1c2ccc2cccnc21. The minimum atomic E-state index is 1.08. The summed E-state index contributed by atoms with van der Waals surface area (Å²) in [6, 6.07) is 21.3. The van der Waals surface area contributed by atoms with E-state index in [1.165, 1.54) is 36.8 Å². The van der Waals surface area contributed by atoms with E-state index in [2.05, 4.69) is 59.6 Å². The van der Waals surface area contributed by atoms with Gasteiger partial charge in [-0.25, -0.2) is 0 Å². The molecule has 0 unspecified atom stereocenters. The molecule has 4 rings (SSSR count). The number of nitrogens with zero attached hydrogens (tertiary/aromatic N) is 7. The van der Waals surface area contributed by atoms with E-state index >= 15 is 0 Å². The fourth-order valence-electron chi connectivity index (χ4n) is 2.63. The second kappa shape index (κ2) is 8.00. The summed E-state index contributed by atoms with van der Waals surface area (Å²) in [6.07, 6.45) is 1.86. The first-order chi connectivity index (χ1) is 11.8. The van der Waals surface area contributed by atoms with E-state index < -0.39 is 0 Å². The summed E-state index contributed by atoms with van der Waals surface area (Å²) >= 11 is 0. The second-order valence-electron chi connectivity index (χ2n) is 4.70. The maximum Gasteiger partial charge on any atom is 0.0780 e. The summed E-state index contributed by atoms with van der Waals surface area (Å²) in [5.74, 6) is 0. The highest BCUT2D eigenvalue weighted by molar-refractivity contribution is 6.15. The fraction of sp³-hybridized carbons (Fsp3) is 0. The Bertz CT molecular complexity index is 973. The lowest BCUT2D eigenvalue weighted by atomic mass is 10.00. The molecule has 1 heterocycles. The van der Waals surface area contributed by atoms with Gasteiger partial charge in [-0.1, -0.05) is 54.6 Å². The van der Waals surface area contributed by atoms with Crippen molar-refractivity contribution >= 4 is 32.4 Å². The first-order valence-corrected chi connectivity index (χ1v) is 6.89. The van der Waals surface area contributed by atoms with Crippen LogP contribution in [-0.4, -0.2) is 4.98 Å². The quantitative estimate of drug-likeness (QED) is 0.161. The Kier molecular flexibility index (Phi) is 5.53. The number of rotatable bonds is 0. The molecular weight excluding hydrogens is 302 g/mol. The molecule has 0 aliphatic heterocycles. The van der Waals surface area contributed by atoms with Gasteiger partial charge in [0.25, 0.3) is 0 Å². The molecule has 0 spiro atoms. The maximum atomic E-state index is 6.75. The highest BCUT2D eigenvalue weighted by atomic mass is 15.0. The summed E-state index contributed by atoms with van der Waals surface area (Å²) in [4.78, 5) is 7.52. The van der Waals surface area contributed by atoms with Gasteiger partial charge < -0.3 is 22.1 Å². The zero-order valence-electron chi connectivity index (χ0n) is 12.5. The average molecular weight is 313 g/mol. The average Bonchev–Trinajstić information content (AvgIpc) is 2.62. The predicted octanol–water partition coefficient (Wildman–Crippen LogP) is 6.27. The molecule has 0 amide bonds. The van der Waals surface area contributed by atoms with Crippen LogP contribution in [0.15, 0.2) is 66.9 Å². The molecule has 0 saturated carbocycles. The number of hydrogen-bond acceptors (Lipinski definition) is 1. The van der Waals surface area contributed by atoms with Crippen LogP contribution < -0.4 is 0 Å². The first kappa shape index (κ1) is 16.6. The number of hydrogen-bond donors (Lipinski definition) is 0. The minimum absolute atomic E-state index is 1.08. The predicted molar refractivity (Wildman–Crippen MR) is 96.9 cm³/mol. The smallest absolute Gasteiger partial charge is 0.0780 e. The summed E-state index contributed by atoms with van der Waals surface area (Å²) in [5, 5.41) is 6.27. The minimum Gasteiger partial charge on any atom is -0.373 e. The third-order valence-electron chi connectivity index (χ3n) is 3.49. The molecule has 7 nitrogen and oxygen atoms in total. The van der Waals surface area contributed by atoms with Gasteiger partial charge in [-0.15, -0.1) is 0 Å². The van der Waals surface area contributed by atoms with Gasteiger partial charge in [0, 0.05) is 17.0 Å². The van der Waals surface area contributed by atoms with Crippen LogP contribution in [0, 0.1) is 0 Å². The van der Waals surface area contributed by atoms with Gasteiger partial charge in [-0.05, 0) is 22.2 Å². The topological polar surface area (TPSA) is 130 Å². The van der Waals surface area contributed by atoms with Gasteiger partial charge in [0.15, 0.2) is 0 Å². The van der Waals surface area contributed by atoms with E-state index in [4.69, 9.17) is 22.1 Å². The van der Waals surface area contributed by atoms with Crippen LogP contribution in [0.2, 0.25) is 0 Å². The van der Waals surface area contributed by atoms with Crippen LogP contribution in [-0.2, 0) is 0 Å². The van der Waals surface area contributed by atoms with Gasteiger partial charge in [0.2, 0.25) is 0 Å². The lowest BCUT2D eigenvalue weighted by molar-refractivity contribution is 1.43. The monoisotopic (exact) mass is 313 g/mol. The molecule has 7 heteroatoms. The molecule has 0 atom stereocenters. The molecule has 24 heavy (non-hydrogen) atoms. The number of aromatic nitrogens is 1. The molecule has 0 radical (unpaired) electrons. The Labute approximate surface area is 137 Å². The van der Waals surface area contributed by atoms with Crippen molar-refractivity contribution in [3.8, 4) is 0 Å². The molecule has 0 aliphatic carbocycles. The summed E-state index contributed by atoms with van der Waals surface area (Å²) in [5.41, 5.74) is 28.1. The molecule has 0 N–H and O–H groups in total. The third kappa shape index (κ3) is 3.34. The van der Waals surface area contributed by atoms with Crippen molar-refractivity contribution < 1.29 is 0 Å². The summed E-state index contributed by atoms with van der Waals surface area (Å²) in [7, 11) is 0. The molecule has 0 bridgehead atoms. The van der Waals surface area contributed by atoms with E-state index in [1.807, 2.05) is 12.3 Å². The Balaban J connectivity index is 0.000000308. The molecule has 0 fully saturated rings. The Hall–Kier alpha value is -3.79. The number of benzene rings is 3. The fourth-order valence-corrected chi connectivity index (χ4v) is 2.63. The second-order valence-corrected chi connectivity index (χ2v) is 4.70. The van der Waals surface area contributed by atoms with E-state index in [0.29, 0.717) is 0 Å². The van der Waals surface area contributed by atoms with Crippen LogP contribution in [0.3, 0.4) is 0 Å². The van der Waals surface area contributed by atoms with Crippen LogP contribution in [0.5, 0.6) is 0 Å². The lowest BCUT2D eigenvalue weighted by Gasteiger charge is -2.06. The van der Waals surface area contributed by atoms with Crippen molar-refractivity contribution in [2.75, 3.05) is 0 Å². The third-order valence-corrected chi connectivity index (χ3v) is 3.49. The van der Waals surface area contributed by atoms with Gasteiger partial charge >= 0.3 is 0 Å². The Morgan fingerprint density at radius 3 is 1.92 bits per heavy atom. The normalized spacial score (nSPS) is 9.17. The van der Waals surface area contributed by atoms with E-state index in [0.717, 1.165) is 5.52 Å². The molecule has 4 aromatic rings. The van der Waals surface area contributed by atoms with Gasteiger partial charge in [0.05, 0.1) is 5.52 Å². The Morgan fingerprint density at radius 2 is 1.17 bits per heavy atom. The molecule has 0 aliphatic rings. The van der Waals surface area contributed by atoms with Crippen molar-refractivity contribution in [1.29, 1.82) is 0 Å².